The Morgan fingerprint density at radius 3 is 2.53 bits per heavy atom. The lowest BCUT2D eigenvalue weighted by Gasteiger charge is -2.16. The molecule has 17 heavy (non-hydrogen) atoms. The molecule has 2 N–H and O–H groups in total. The Hall–Kier alpha value is -0.780. The summed E-state index contributed by atoms with van der Waals surface area (Å²) in [6, 6.07) is 4.34. The Bertz CT molecular complexity index is 343. The molecule has 1 rings (SSSR count). The largest absolute Gasteiger partial charge is 0.398 e. The molecule has 0 unspecified atom stereocenters. The van der Waals surface area contributed by atoms with Gasteiger partial charge in [0.05, 0.1) is 0 Å². The van der Waals surface area contributed by atoms with E-state index in [1.807, 2.05) is 13.8 Å². The highest BCUT2D eigenvalue weighted by Crippen LogP contribution is 2.26. The molecule has 3 nitrogen and oxygen atoms in total. The summed E-state index contributed by atoms with van der Waals surface area (Å²) in [6.07, 6.45) is -0.280. The first-order valence-corrected chi connectivity index (χ1v) is 6.57. The molecule has 0 saturated heterocycles. The van der Waals surface area contributed by atoms with Crippen LogP contribution in [0.4, 0.5) is 10.1 Å². The number of ether oxygens (including phenoxy) is 2. The van der Waals surface area contributed by atoms with Crippen LogP contribution in [0.5, 0.6) is 0 Å². The molecule has 0 atom stereocenters. The van der Waals surface area contributed by atoms with Gasteiger partial charge in [0.1, 0.15) is 5.82 Å². The number of thioether (sulfide) groups is 1. The van der Waals surface area contributed by atoms with Gasteiger partial charge in [0.2, 0.25) is 0 Å². The van der Waals surface area contributed by atoms with Crippen molar-refractivity contribution in [1.29, 1.82) is 0 Å². The molecular weight excluding hydrogens is 241 g/mol. The van der Waals surface area contributed by atoms with Crippen LogP contribution < -0.4 is 5.73 Å². The highest BCUT2D eigenvalue weighted by Gasteiger charge is 2.10. The van der Waals surface area contributed by atoms with Crippen LogP contribution in [0.2, 0.25) is 0 Å². The third-order valence-corrected chi connectivity index (χ3v) is 3.16. The Morgan fingerprint density at radius 2 is 1.94 bits per heavy atom. The number of halogens is 1. The summed E-state index contributed by atoms with van der Waals surface area (Å²) in [5.41, 5.74) is 6.33. The van der Waals surface area contributed by atoms with Crippen LogP contribution in [-0.4, -0.2) is 25.3 Å². The minimum absolute atomic E-state index is 0.280. The maximum absolute atomic E-state index is 13.0. The van der Waals surface area contributed by atoms with Crippen LogP contribution in [0.3, 0.4) is 0 Å². The number of rotatable bonds is 7. The first-order chi connectivity index (χ1) is 8.17. The molecule has 0 aliphatic heterocycles. The predicted molar refractivity (Wildman–Crippen MR) is 68.6 cm³/mol. The third kappa shape index (κ3) is 4.93. The van der Waals surface area contributed by atoms with Gasteiger partial charge in [-0.15, -0.1) is 11.8 Å². The van der Waals surface area contributed by atoms with Gasteiger partial charge in [-0.25, -0.2) is 4.39 Å². The van der Waals surface area contributed by atoms with E-state index in [1.165, 1.54) is 23.9 Å². The molecule has 0 bridgehead atoms. The highest BCUT2D eigenvalue weighted by molar-refractivity contribution is 7.99. The fourth-order valence-corrected chi connectivity index (χ4v) is 2.25. The van der Waals surface area contributed by atoms with Crippen LogP contribution in [-0.2, 0) is 9.47 Å². The van der Waals surface area contributed by atoms with Crippen molar-refractivity contribution in [3.05, 3.63) is 24.0 Å². The first-order valence-electron chi connectivity index (χ1n) is 5.58. The van der Waals surface area contributed by atoms with E-state index in [0.29, 0.717) is 24.7 Å². The zero-order valence-corrected chi connectivity index (χ0v) is 10.9. The monoisotopic (exact) mass is 259 g/mol. The molecule has 0 aromatic heterocycles. The number of hydrogen-bond acceptors (Lipinski definition) is 4. The molecule has 0 amide bonds. The fourth-order valence-electron chi connectivity index (χ4n) is 1.31. The maximum atomic E-state index is 13.0. The van der Waals surface area contributed by atoms with Crippen molar-refractivity contribution in [1.82, 2.24) is 0 Å². The molecule has 0 aliphatic rings. The van der Waals surface area contributed by atoms with Gasteiger partial charge < -0.3 is 15.2 Å². The number of nitrogens with two attached hydrogens (primary N) is 1. The van der Waals surface area contributed by atoms with E-state index < -0.39 is 0 Å². The van der Waals surface area contributed by atoms with Crippen molar-refractivity contribution >= 4 is 17.4 Å². The van der Waals surface area contributed by atoms with Gasteiger partial charge in [0.25, 0.3) is 0 Å². The Balaban J connectivity index is 2.55. The van der Waals surface area contributed by atoms with Gasteiger partial charge in [-0.1, -0.05) is 0 Å². The molecule has 96 valence electrons. The summed E-state index contributed by atoms with van der Waals surface area (Å²) in [5, 5.41) is 0. The zero-order chi connectivity index (χ0) is 12.7. The van der Waals surface area contributed by atoms with Crippen molar-refractivity contribution in [2.24, 2.45) is 0 Å². The molecule has 0 spiro atoms. The summed E-state index contributed by atoms with van der Waals surface area (Å²) in [4.78, 5) is 0.717. The van der Waals surface area contributed by atoms with E-state index in [4.69, 9.17) is 15.2 Å². The van der Waals surface area contributed by atoms with Gasteiger partial charge in [0, 0.05) is 29.5 Å². The van der Waals surface area contributed by atoms with E-state index in [2.05, 4.69) is 0 Å². The van der Waals surface area contributed by atoms with E-state index in [9.17, 15) is 4.39 Å². The fraction of sp³-hybridized carbons (Fsp3) is 0.500. The second kappa shape index (κ2) is 7.53. The van der Waals surface area contributed by atoms with E-state index >= 15 is 0 Å². The predicted octanol–water partition coefficient (Wildman–Crippen LogP) is 2.90. The number of nitrogen functional groups attached to an aromatic ring is 1. The lowest BCUT2D eigenvalue weighted by molar-refractivity contribution is -0.120. The van der Waals surface area contributed by atoms with Crippen molar-refractivity contribution in [3.8, 4) is 0 Å². The molecule has 1 aromatic rings. The number of benzene rings is 1. The lowest BCUT2D eigenvalue weighted by Crippen LogP contribution is -2.20. The van der Waals surface area contributed by atoms with Crippen LogP contribution in [0.25, 0.3) is 0 Å². The Morgan fingerprint density at radius 1 is 1.29 bits per heavy atom. The second-order valence-corrected chi connectivity index (χ2v) is 4.40. The maximum Gasteiger partial charge on any atom is 0.166 e. The number of hydrogen-bond donors (Lipinski definition) is 1. The van der Waals surface area contributed by atoms with Crippen molar-refractivity contribution in [2.75, 3.05) is 24.7 Å². The summed E-state index contributed by atoms with van der Waals surface area (Å²) < 4.78 is 23.8. The topological polar surface area (TPSA) is 44.5 Å². The van der Waals surface area contributed by atoms with Gasteiger partial charge in [-0.3, -0.25) is 0 Å². The standard InChI is InChI=1S/C12H18FNO2S/c1-3-15-12(16-4-2)8-17-11-7-9(13)5-6-10(11)14/h5-7,12H,3-4,8,14H2,1-2H3. The SMILES string of the molecule is CCOC(CSc1cc(F)ccc1N)OCC. The van der Waals surface area contributed by atoms with Crippen molar-refractivity contribution in [3.63, 3.8) is 0 Å². The second-order valence-electron chi connectivity index (χ2n) is 3.33. The zero-order valence-electron chi connectivity index (χ0n) is 10.1. The van der Waals surface area contributed by atoms with E-state index in [-0.39, 0.29) is 12.1 Å². The van der Waals surface area contributed by atoms with Crippen LogP contribution in [0.15, 0.2) is 23.1 Å². The van der Waals surface area contributed by atoms with Gasteiger partial charge in [-0.2, -0.15) is 0 Å². The molecule has 1 aromatic carbocycles. The van der Waals surface area contributed by atoms with Gasteiger partial charge >= 0.3 is 0 Å². The summed E-state index contributed by atoms with van der Waals surface area (Å²) in [7, 11) is 0. The van der Waals surface area contributed by atoms with Crippen LogP contribution in [0.1, 0.15) is 13.8 Å². The molecule has 0 heterocycles. The Labute approximate surface area is 105 Å². The molecule has 5 heteroatoms. The van der Waals surface area contributed by atoms with Crippen molar-refractivity contribution in [2.45, 2.75) is 25.0 Å². The summed E-state index contributed by atoms with van der Waals surface area (Å²) in [5.74, 6) is 0.307. The highest BCUT2D eigenvalue weighted by atomic mass is 32.2. The average Bonchev–Trinajstić information content (AvgIpc) is 2.30. The lowest BCUT2D eigenvalue weighted by atomic mass is 10.3. The van der Waals surface area contributed by atoms with E-state index in [0.717, 1.165) is 4.90 Å². The minimum atomic E-state index is -0.286. The summed E-state index contributed by atoms with van der Waals surface area (Å²) >= 11 is 1.43. The smallest absolute Gasteiger partial charge is 0.166 e. The van der Waals surface area contributed by atoms with Crippen LogP contribution in [0, 0.1) is 5.82 Å². The van der Waals surface area contributed by atoms with E-state index in [1.54, 1.807) is 6.07 Å². The molecule has 0 radical (unpaired) electrons. The average molecular weight is 259 g/mol. The Kier molecular flexibility index (Phi) is 6.32. The van der Waals surface area contributed by atoms with Gasteiger partial charge in [-0.05, 0) is 32.0 Å². The quantitative estimate of drug-likeness (QED) is 0.464. The number of anilines is 1. The third-order valence-electron chi connectivity index (χ3n) is 2.06. The molecule has 0 saturated carbocycles. The normalized spacial score (nSPS) is 11.1. The molecule has 0 aliphatic carbocycles. The molecule has 0 fully saturated rings. The summed E-state index contributed by atoms with van der Waals surface area (Å²) in [6.45, 7) is 4.99. The molecular formula is C12H18FNO2S. The first kappa shape index (κ1) is 14.3. The minimum Gasteiger partial charge on any atom is -0.398 e. The van der Waals surface area contributed by atoms with Crippen LogP contribution >= 0.6 is 11.8 Å². The van der Waals surface area contributed by atoms with Crippen molar-refractivity contribution < 1.29 is 13.9 Å². The van der Waals surface area contributed by atoms with Gasteiger partial charge in [0.15, 0.2) is 6.29 Å².